The zero-order valence-electron chi connectivity index (χ0n) is 16.6. The van der Waals surface area contributed by atoms with Crippen LogP contribution in [0.25, 0.3) is 0 Å². The van der Waals surface area contributed by atoms with Crippen LogP contribution in [0.4, 0.5) is 0 Å². The molecule has 1 fully saturated rings. The Morgan fingerprint density at radius 2 is 1.92 bits per heavy atom. The van der Waals surface area contributed by atoms with Crippen molar-refractivity contribution in [3.8, 4) is 0 Å². The van der Waals surface area contributed by atoms with Gasteiger partial charge < -0.3 is 10.2 Å². The van der Waals surface area contributed by atoms with Crippen molar-refractivity contribution >= 4 is 5.91 Å². The monoisotopic (exact) mass is 349 g/mol. The van der Waals surface area contributed by atoms with Crippen molar-refractivity contribution < 1.29 is 4.79 Å². The van der Waals surface area contributed by atoms with E-state index in [1.54, 1.807) is 0 Å². The van der Waals surface area contributed by atoms with Crippen LogP contribution < -0.4 is 5.32 Å². The second-order valence-electron chi connectivity index (χ2n) is 7.30. The molecule has 1 atom stereocenters. The molecule has 6 heteroatoms. The van der Waals surface area contributed by atoms with Crippen molar-refractivity contribution in [2.45, 2.75) is 59.5 Å². The first-order chi connectivity index (χ1) is 11.9. The Labute approximate surface area is 152 Å². The Morgan fingerprint density at radius 1 is 1.24 bits per heavy atom. The van der Waals surface area contributed by atoms with E-state index in [2.05, 4.69) is 55.0 Å². The molecule has 2 heterocycles. The molecule has 1 N–H and O–H groups in total. The SMILES string of the molecule is CCc1c(C)nn(CCNC(=O)CC[C@H](C)N2CCN(C)CC2)c1C. The third-order valence-corrected chi connectivity index (χ3v) is 5.48. The van der Waals surface area contributed by atoms with Gasteiger partial charge in [-0.3, -0.25) is 14.4 Å². The van der Waals surface area contributed by atoms with E-state index in [9.17, 15) is 4.79 Å². The van der Waals surface area contributed by atoms with Crippen LogP contribution in [-0.4, -0.2) is 71.3 Å². The van der Waals surface area contributed by atoms with Crippen LogP contribution in [0.1, 0.15) is 43.6 Å². The zero-order valence-corrected chi connectivity index (χ0v) is 16.6. The lowest BCUT2D eigenvalue weighted by atomic mass is 10.1. The number of aromatic nitrogens is 2. The lowest BCUT2D eigenvalue weighted by molar-refractivity contribution is -0.121. The summed E-state index contributed by atoms with van der Waals surface area (Å²) in [5.41, 5.74) is 3.65. The molecule has 0 aliphatic carbocycles. The number of aryl methyl sites for hydroxylation is 1. The number of hydrogen-bond acceptors (Lipinski definition) is 4. The molecule has 0 spiro atoms. The normalized spacial score (nSPS) is 17.6. The maximum atomic E-state index is 12.1. The first-order valence-electron chi connectivity index (χ1n) is 9.64. The Morgan fingerprint density at radius 3 is 2.52 bits per heavy atom. The van der Waals surface area contributed by atoms with Crippen molar-refractivity contribution in [3.63, 3.8) is 0 Å². The number of carbonyl (C=O) groups excluding carboxylic acids is 1. The Hall–Kier alpha value is -1.40. The van der Waals surface area contributed by atoms with Crippen LogP contribution >= 0.6 is 0 Å². The predicted molar refractivity (Wildman–Crippen MR) is 102 cm³/mol. The van der Waals surface area contributed by atoms with Crippen LogP contribution in [0.3, 0.4) is 0 Å². The van der Waals surface area contributed by atoms with E-state index in [1.165, 1.54) is 11.3 Å². The summed E-state index contributed by atoms with van der Waals surface area (Å²) >= 11 is 0. The zero-order chi connectivity index (χ0) is 18.4. The van der Waals surface area contributed by atoms with E-state index >= 15 is 0 Å². The molecule has 1 aromatic rings. The number of hydrogen-bond donors (Lipinski definition) is 1. The second-order valence-corrected chi connectivity index (χ2v) is 7.30. The van der Waals surface area contributed by atoms with E-state index in [-0.39, 0.29) is 5.91 Å². The van der Waals surface area contributed by atoms with Crippen LogP contribution in [0, 0.1) is 13.8 Å². The quantitative estimate of drug-likeness (QED) is 0.774. The highest BCUT2D eigenvalue weighted by Crippen LogP contribution is 2.13. The molecule has 6 nitrogen and oxygen atoms in total. The summed E-state index contributed by atoms with van der Waals surface area (Å²) in [4.78, 5) is 17.0. The molecule has 25 heavy (non-hydrogen) atoms. The van der Waals surface area contributed by atoms with Crippen molar-refractivity contribution in [3.05, 3.63) is 17.0 Å². The average Bonchev–Trinajstić information content (AvgIpc) is 2.86. The van der Waals surface area contributed by atoms with Crippen LogP contribution in [0.15, 0.2) is 0 Å². The molecule has 1 aliphatic rings. The van der Waals surface area contributed by atoms with Gasteiger partial charge in [0.15, 0.2) is 0 Å². The van der Waals surface area contributed by atoms with Gasteiger partial charge in [0.25, 0.3) is 0 Å². The predicted octanol–water partition coefficient (Wildman–Crippen LogP) is 1.59. The molecular weight excluding hydrogens is 314 g/mol. The van der Waals surface area contributed by atoms with Crippen molar-refractivity contribution in [1.29, 1.82) is 0 Å². The van der Waals surface area contributed by atoms with Gasteiger partial charge in [0.1, 0.15) is 0 Å². The third-order valence-electron chi connectivity index (χ3n) is 5.48. The Kier molecular flexibility index (Phi) is 7.44. The molecule has 0 saturated carbocycles. The van der Waals surface area contributed by atoms with E-state index in [0.29, 0.717) is 19.0 Å². The second kappa shape index (κ2) is 9.34. The first kappa shape index (κ1) is 19.9. The summed E-state index contributed by atoms with van der Waals surface area (Å²) in [5, 5.41) is 7.62. The Bertz CT molecular complexity index is 560. The van der Waals surface area contributed by atoms with Crippen molar-refractivity contribution in [2.24, 2.45) is 0 Å². The fourth-order valence-electron chi connectivity index (χ4n) is 3.64. The molecule has 142 valence electrons. The Balaban J connectivity index is 1.67. The molecule has 1 aliphatic heterocycles. The molecule has 1 saturated heterocycles. The molecular formula is C19H35N5O. The highest BCUT2D eigenvalue weighted by molar-refractivity contribution is 5.75. The molecule has 1 aromatic heterocycles. The molecule has 0 unspecified atom stereocenters. The van der Waals surface area contributed by atoms with Gasteiger partial charge in [0.05, 0.1) is 12.2 Å². The maximum absolute atomic E-state index is 12.1. The van der Waals surface area contributed by atoms with Crippen LogP contribution in [0.5, 0.6) is 0 Å². The number of piperazine rings is 1. The summed E-state index contributed by atoms with van der Waals surface area (Å²) < 4.78 is 2.02. The van der Waals surface area contributed by atoms with Crippen LogP contribution in [-0.2, 0) is 17.8 Å². The average molecular weight is 350 g/mol. The van der Waals surface area contributed by atoms with Gasteiger partial charge in [-0.2, -0.15) is 5.10 Å². The number of likely N-dealkylation sites (N-methyl/N-ethyl adjacent to an activating group) is 1. The molecule has 1 amide bonds. The van der Waals surface area contributed by atoms with E-state index in [4.69, 9.17) is 0 Å². The van der Waals surface area contributed by atoms with Gasteiger partial charge in [0, 0.05) is 50.9 Å². The minimum atomic E-state index is 0.151. The van der Waals surface area contributed by atoms with Gasteiger partial charge in [0.2, 0.25) is 5.91 Å². The smallest absolute Gasteiger partial charge is 0.220 e. The van der Waals surface area contributed by atoms with Gasteiger partial charge in [-0.1, -0.05) is 6.92 Å². The van der Waals surface area contributed by atoms with E-state index in [1.807, 2.05) is 4.68 Å². The van der Waals surface area contributed by atoms with Gasteiger partial charge >= 0.3 is 0 Å². The summed E-state index contributed by atoms with van der Waals surface area (Å²) in [6.45, 7) is 14.4. The summed E-state index contributed by atoms with van der Waals surface area (Å²) in [7, 11) is 2.17. The fourth-order valence-corrected chi connectivity index (χ4v) is 3.64. The number of rotatable bonds is 8. The van der Waals surface area contributed by atoms with Gasteiger partial charge in [-0.25, -0.2) is 0 Å². The van der Waals surface area contributed by atoms with E-state index in [0.717, 1.165) is 51.3 Å². The topological polar surface area (TPSA) is 53.4 Å². The van der Waals surface area contributed by atoms with Crippen LogP contribution in [0.2, 0.25) is 0 Å². The third kappa shape index (κ3) is 5.54. The number of nitrogens with zero attached hydrogens (tertiary/aromatic N) is 4. The van der Waals surface area contributed by atoms with Crippen molar-refractivity contribution in [2.75, 3.05) is 39.8 Å². The maximum Gasteiger partial charge on any atom is 0.220 e. The largest absolute Gasteiger partial charge is 0.354 e. The fraction of sp³-hybridized carbons (Fsp3) is 0.789. The standard InChI is InChI=1S/C19H35N5O/c1-6-18-16(3)21-24(17(18)4)10-9-20-19(25)8-7-15(2)23-13-11-22(5)12-14-23/h15H,6-14H2,1-5H3,(H,20,25)/t15-/m0/s1. The number of nitrogens with one attached hydrogen (secondary N) is 1. The first-order valence-corrected chi connectivity index (χ1v) is 9.64. The van der Waals surface area contributed by atoms with Gasteiger partial charge in [-0.05, 0) is 46.2 Å². The highest BCUT2D eigenvalue weighted by atomic mass is 16.1. The summed E-state index contributed by atoms with van der Waals surface area (Å²) in [6, 6.07) is 0.475. The molecule has 0 bridgehead atoms. The number of carbonyl (C=O) groups is 1. The summed E-state index contributed by atoms with van der Waals surface area (Å²) in [5.74, 6) is 0.151. The van der Waals surface area contributed by atoms with Gasteiger partial charge in [-0.15, -0.1) is 0 Å². The molecule has 0 radical (unpaired) electrons. The number of amides is 1. The molecule has 0 aromatic carbocycles. The highest BCUT2D eigenvalue weighted by Gasteiger charge is 2.19. The van der Waals surface area contributed by atoms with E-state index < -0.39 is 0 Å². The lowest BCUT2D eigenvalue weighted by Gasteiger charge is -2.36. The lowest BCUT2D eigenvalue weighted by Crippen LogP contribution is -2.48. The summed E-state index contributed by atoms with van der Waals surface area (Å²) in [6.07, 6.45) is 2.54. The van der Waals surface area contributed by atoms with Crippen molar-refractivity contribution in [1.82, 2.24) is 24.9 Å². The minimum Gasteiger partial charge on any atom is -0.354 e. The minimum absolute atomic E-state index is 0.151. The molecule has 2 rings (SSSR count).